The fourth-order valence-corrected chi connectivity index (χ4v) is 2.32. The first-order valence-corrected chi connectivity index (χ1v) is 6.84. The summed E-state index contributed by atoms with van der Waals surface area (Å²) in [5.41, 5.74) is -1.20. The highest BCUT2D eigenvalue weighted by Crippen LogP contribution is 2.28. The van der Waals surface area contributed by atoms with Crippen LogP contribution in [0.4, 0.5) is 0 Å². The van der Waals surface area contributed by atoms with E-state index in [1.54, 1.807) is 0 Å². The maximum Gasteiger partial charge on any atom is 0.340 e. The van der Waals surface area contributed by atoms with E-state index in [0.29, 0.717) is 0 Å². The third-order valence-electron chi connectivity index (χ3n) is 3.56. The molecule has 0 unspecified atom stereocenters. The summed E-state index contributed by atoms with van der Waals surface area (Å²) >= 11 is 0. The average molecular weight is 344 g/mol. The van der Waals surface area contributed by atoms with Crippen molar-refractivity contribution in [3.63, 3.8) is 0 Å². The van der Waals surface area contributed by atoms with Gasteiger partial charge in [0.25, 0.3) is 0 Å². The van der Waals surface area contributed by atoms with Gasteiger partial charge in [-0.15, -0.1) is 0 Å². The predicted octanol–water partition coefficient (Wildman–Crippen LogP) is -1.74. The molecule has 1 fully saturated rings. The van der Waals surface area contributed by atoms with Crippen LogP contribution in [-0.2, 0) is 4.74 Å². The molecule has 6 N–H and O–H groups in total. The summed E-state index contributed by atoms with van der Waals surface area (Å²) in [7, 11) is 0. The monoisotopic (exact) mass is 344 g/mol. The van der Waals surface area contributed by atoms with Crippen molar-refractivity contribution in [2.45, 2.75) is 30.7 Å². The molecular weight excluding hydrogens is 328 g/mol. The summed E-state index contributed by atoms with van der Waals surface area (Å²) in [5.74, 6) is -3.48. The van der Waals surface area contributed by atoms with Gasteiger partial charge in [0.2, 0.25) is 6.29 Å². The van der Waals surface area contributed by atoms with Gasteiger partial charge in [-0.2, -0.15) is 0 Å². The molecule has 5 atom stereocenters. The van der Waals surface area contributed by atoms with Gasteiger partial charge in [-0.1, -0.05) is 6.07 Å². The molecule has 0 radical (unpaired) electrons. The molecule has 1 saturated heterocycles. The number of carboxylic acid groups (broad SMARTS) is 2. The van der Waals surface area contributed by atoms with Crippen LogP contribution in [0, 0.1) is 0 Å². The summed E-state index contributed by atoms with van der Waals surface area (Å²) in [6.45, 7) is -0.689. The summed E-state index contributed by atoms with van der Waals surface area (Å²) in [6, 6.07) is 3.44. The van der Waals surface area contributed by atoms with Crippen molar-refractivity contribution in [3.05, 3.63) is 29.3 Å². The second kappa shape index (κ2) is 7.11. The number of carbonyl (C=O) groups is 2. The van der Waals surface area contributed by atoms with E-state index in [0.717, 1.165) is 12.1 Å². The number of aliphatic hydroxyl groups is 4. The van der Waals surface area contributed by atoms with Gasteiger partial charge in [0.05, 0.1) is 12.2 Å². The molecule has 1 heterocycles. The van der Waals surface area contributed by atoms with Crippen LogP contribution in [0.25, 0.3) is 0 Å². The van der Waals surface area contributed by atoms with E-state index >= 15 is 0 Å². The first-order valence-electron chi connectivity index (χ1n) is 6.84. The van der Waals surface area contributed by atoms with E-state index in [1.165, 1.54) is 6.07 Å². The Bertz CT molecular complexity index is 628. The van der Waals surface area contributed by atoms with Gasteiger partial charge in [0, 0.05) is 0 Å². The number of rotatable bonds is 5. The van der Waals surface area contributed by atoms with Crippen LogP contribution in [-0.4, -0.2) is 79.9 Å². The van der Waals surface area contributed by atoms with Gasteiger partial charge < -0.3 is 40.1 Å². The Hall–Kier alpha value is -2.24. The minimum Gasteiger partial charge on any atom is -0.478 e. The molecular formula is C14H16O10. The first kappa shape index (κ1) is 18.1. The van der Waals surface area contributed by atoms with Crippen LogP contribution in [0.2, 0.25) is 0 Å². The predicted molar refractivity (Wildman–Crippen MR) is 74.8 cm³/mol. The molecule has 1 aromatic carbocycles. The van der Waals surface area contributed by atoms with Crippen molar-refractivity contribution in [1.82, 2.24) is 0 Å². The Morgan fingerprint density at radius 3 is 2.25 bits per heavy atom. The smallest absolute Gasteiger partial charge is 0.340 e. The molecule has 10 heteroatoms. The van der Waals surface area contributed by atoms with E-state index in [2.05, 4.69) is 0 Å². The lowest BCUT2D eigenvalue weighted by Crippen LogP contribution is -2.60. The fraction of sp³-hybridized carbons (Fsp3) is 0.429. The van der Waals surface area contributed by atoms with E-state index in [4.69, 9.17) is 19.7 Å². The topological polar surface area (TPSA) is 174 Å². The van der Waals surface area contributed by atoms with Gasteiger partial charge in [0.1, 0.15) is 35.7 Å². The van der Waals surface area contributed by atoms with Crippen LogP contribution in [0.3, 0.4) is 0 Å². The molecule has 0 saturated carbocycles. The van der Waals surface area contributed by atoms with Gasteiger partial charge in [-0.05, 0) is 12.1 Å². The van der Waals surface area contributed by atoms with Crippen LogP contribution in [0.15, 0.2) is 18.2 Å². The van der Waals surface area contributed by atoms with Crippen molar-refractivity contribution >= 4 is 11.9 Å². The number of carboxylic acids is 2. The maximum absolute atomic E-state index is 11.3. The lowest BCUT2D eigenvalue weighted by molar-refractivity contribution is -0.277. The largest absolute Gasteiger partial charge is 0.478 e. The van der Waals surface area contributed by atoms with Crippen molar-refractivity contribution < 1.29 is 49.7 Å². The molecule has 0 aliphatic carbocycles. The molecule has 24 heavy (non-hydrogen) atoms. The zero-order valence-corrected chi connectivity index (χ0v) is 12.1. The standard InChI is InChI=1S/C14H16O10/c15-4-7-9(16)10(17)11(18)14(24-7)23-6-3-1-2-5(12(19)20)8(6)13(21)22/h1-3,7,9-11,14-18H,4H2,(H,19,20)(H,21,22)/t7-,9-,10+,11-,14-/m1/s1. The molecule has 0 bridgehead atoms. The Morgan fingerprint density at radius 1 is 1.04 bits per heavy atom. The molecule has 2 rings (SSSR count). The number of aromatic carboxylic acids is 2. The molecule has 0 amide bonds. The quantitative estimate of drug-likeness (QED) is 0.360. The van der Waals surface area contributed by atoms with E-state index in [1.807, 2.05) is 0 Å². The van der Waals surface area contributed by atoms with Crippen molar-refractivity contribution in [1.29, 1.82) is 0 Å². The molecule has 1 aromatic rings. The number of aliphatic hydroxyl groups excluding tert-OH is 4. The molecule has 0 spiro atoms. The lowest BCUT2D eigenvalue weighted by atomic mass is 9.99. The van der Waals surface area contributed by atoms with Crippen LogP contribution in [0.5, 0.6) is 5.75 Å². The second-order valence-electron chi connectivity index (χ2n) is 5.10. The molecule has 1 aliphatic rings. The van der Waals surface area contributed by atoms with E-state index in [9.17, 15) is 30.0 Å². The molecule has 0 aromatic heterocycles. The average Bonchev–Trinajstić information content (AvgIpc) is 2.54. The molecule has 132 valence electrons. The Morgan fingerprint density at radius 2 is 1.71 bits per heavy atom. The SMILES string of the molecule is O=C(O)c1cccc(O[C@@H]2O[C@H](CO)[C@@H](O)[C@H](O)[C@H]2O)c1C(=O)O. The fourth-order valence-electron chi connectivity index (χ4n) is 2.32. The Kier molecular flexibility index (Phi) is 5.36. The summed E-state index contributed by atoms with van der Waals surface area (Å²) in [5, 5.41) is 56.6. The minimum absolute atomic E-state index is 0.410. The van der Waals surface area contributed by atoms with Crippen molar-refractivity contribution in [2.75, 3.05) is 6.61 Å². The highest BCUT2D eigenvalue weighted by atomic mass is 16.7. The first-order chi connectivity index (χ1) is 11.3. The minimum atomic E-state index is -1.75. The summed E-state index contributed by atoms with van der Waals surface area (Å²) in [6.07, 6.45) is -7.93. The van der Waals surface area contributed by atoms with Crippen molar-refractivity contribution in [3.8, 4) is 5.75 Å². The Labute approximate surface area is 135 Å². The number of hydrogen-bond donors (Lipinski definition) is 6. The van der Waals surface area contributed by atoms with E-state index < -0.39 is 66.1 Å². The van der Waals surface area contributed by atoms with Crippen LogP contribution >= 0.6 is 0 Å². The Balaban J connectivity index is 2.35. The summed E-state index contributed by atoms with van der Waals surface area (Å²) < 4.78 is 10.3. The van der Waals surface area contributed by atoms with Gasteiger partial charge in [-0.3, -0.25) is 0 Å². The van der Waals surface area contributed by atoms with Gasteiger partial charge in [-0.25, -0.2) is 9.59 Å². The highest BCUT2D eigenvalue weighted by molar-refractivity contribution is 6.03. The number of ether oxygens (including phenoxy) is 2. The number of hydrogen-bond acceptors (Lipinski definition) is 8. The third kappa shape index (κ3) is 3.32. The van der Waals surface area contributed by atoms with Crippen LogP contribution < -0.4 is 4.74 Å². The normalized spacial score (nSPS) is 29.9. The lowest BCUT2D eigenvalue weighted by Gasteiger charge is -2.39. The van der Waals surface area contributed by atoms with Gasteiger partial charge in [0.15, 0.2) is 0 Å². The maximum atomic E-state index is 11.3. The highest BCUT2D eigenvalue weighted by Gasteiger charge is 2.45. The third-order valence-corrected chi connectivity index (χ3v) is 3.56. The number of benzene rings is 1. The zero-order valence-electron chi connectivity index (χ0n) is 12.1. The summed E-state index contributed by atoms with van der Waals surface area (Å²) in [4.78, 5) is 22.5. The van der Waals surface area contributed by atoms with Crippen LogP contribution in [0.1, 0.15) is 20.7 Å². The molecule has 10 nitrogen and oxygen atoms in total. The van der Waals surface area contributed by atoms with Gasteiger partial charge >= 0.3 is 11.9 Å². The van der Waals surface area contributed by atoms with E-state index in [-0.39, 0.29) is 0 Å². The second-order valence-corrected chi connectivity index (χ2v) is 5.10. The molecule has 1 aliphatic heterocycles. The zero-order chi connectivity index (χ0) is 18.0. The van der Waals surface area contributed by atoms with Crippen molar-refractivity contribution in [2.24, 2.45) is 0 Å².